The molecule has 0 unspecified atom stereocenters. The van der Waals surface area contributed by atoms with Gasteiger partial charge in [0.15, 0.2) is 0 Å². The first kappa shape index (κ1) is 14.2. The summed E-state index contributed by atoms with van der Waals surface area (Å²) in [7, 11) is 0. The first-order valence-electron chi connectivity index (χ1n) is 3.22. The minimum atomic E-state index is 0. The van der Waals surface area contributed by atoms with Crippen LogP contribution in [0.1, 0.15) is 6.92 Å². The van der Waals surface area contributed by atoms with E-state index in [0.717, 1.165) is 6.54 Å². The fraction of sp³-hybridized carbons (Fsp3) is 0.250. The molecule has 0 fully saturated rings. The molecule has 0 aliphatic heterocycles. The van der Waals surface area contributed by atoms with Gasteiger partial charge in [-0.25, -0.2) is 0 Å². The van der Waals surface area contributed by atoms with Crippen LogP contribution in [0.25, 0.3) is 0 Å². The monoisotopic (exact) mass is 459 g/mol. The normalized spacial score (nSPS) is 7.36. The Balaban J connectivity index is 0. The van der Waals surface area contributed by atoms with E-state index in [2.05, 4.69) is 24.4 Å². The van der Waals surface area contributed by atoms with E-state index in [1.54, 1.807) is 0 Å². The van der Waals surface area contributed by atoms with E-state index in [9.17, 15) is 0 Å². The second-order valence-corrected chi connectivity index (χ2v) is 1.90. The number of para-hydroxylation sites is 1. The number of hydrogen-bond donors (Lipinski definition) is 1. The summed E-state index contributed by atoms with van der Waals surface area (Å²) in [5.74, 6) is 0. The average molecular weight is 458 g/mol. The van der Waals surface area contributed by atoms with Gasteiger partial charge in [0.25, 0.3) is 0 Å². The van der Waals surface area contributed by atoms with Crippen molar-refractivity contribution in [2.45, 2.75) is 6.92 Å². The SMILES string of the molecule is CCNc1ccccc1.I.[PbH2]. The quantitative estimate of drug-likeness (QED) is 0.527. The van der Waals surface area contributed by atoms with Crippen molar-refractivity contribution in [3.63, 3.8) is 0 Å². The first-order valence-corrected chi connectivity index (χ1v) is 3.22. The number of hydrogen-bond acceptors (Lipinski definition) is 1. The molecule has 1 aromatic rings. The molecule has 0 aliphatic carbocycles. The number of nitrogens with one attached hydrogen (secondary N) is 1. The van der Waals surface area contributed by atoms with Gasteiger partial charge < -0.3 is 5.32 Å². The maximum atomic E-state index is 3.21. The molecule has 0 saturated heterocycles. The Labute approximate surface area is 105 Å². The molecule has 1 aromatic carbocycles. The Morgan fingerprint density at radius 3 is 2.18 bits per heavy atom. The molecule has 0 amide bonds. The van der Waals surface area contributed by atoms with E-state index in [1.165, 1.54) is 5.69 Å². The Hall–Kier alpha value is 0.672. The van der Waals surface area contributed by atoms with E-state index < -0.39 is 0 Å². The third kappa shape index (κ3) is 5.89. The van der Waals surface area contributed by atoms with Crippen molar-refractivity contribution in [3.05, 3.63) is 30.3 Å². The van der Waals surface area contributed by atoms with Gasteiger partial charge in [-0.05, 0) is 19.1 Å². The molecule has 11 heavy (non-hydrogen) atoms. The molecule has 1 nitrogen and oxygen atoms in total. The average Bonchev–Trinajstić information content (AvgIpc) is 1.91. The van der Waals surface area contributed by atoms with Gasteiger partial charge >= 0.3 is 27.3 Å². The number of anilines is 1. The summed E-state index contributed by atoms with van der Waals surface area (Å²) in [6, 6.07) is 10.2. The van der Waals surface area contributed by atoms with Crippen molar-refractivity contribution < 1.29 is 0 Å². The van der Waals surface area contributed by atoms with Crippen molar-refractivity contribution in [3.8, 4) is 0 Å². The molecule has 0 aromatic heterocycles. The molecular weight excluding hydrogens is 444 g/mol. The van der Waals surface area contributed by atoms with Gasteiger partial charge in [0, 0.05) is 12.2 Å². The third-order valence-electron chi connectivity index (χ3n) is 1.15. The van der Waals surface area contributed by atoms with E-state index in [-0.39, 0.29) is 51.3 Å². The minimum absolute atomic E-state index is 0. The van der Waals surface area contributed by atoms with Crippen LogP contribution in [0.2, 0.25) is 0 Å². The molecule has 0 bridgehead atoms. The number of benzene rings is 1. The van der Waals surface area contributed by atoms with Crippen LogP contribution in [0.5, 0.6) is 0 Å². The third-order valence-corrected chi connectivity index (χ3v) is 1.15. The zero-order chi connectivity index (χ0) is 6.53. The van der Waals surface area contributed by atoms with Crippen molar-refractivity contribution in [1.29, 1.82) is 0 Å². The Morgan fingerprint density at radius 2 is 1.73 bits per heavy atom. The Bertz CT molecular complexity index is 167. The molecule has 0 spiro atoms. The Morgan fingerprint density at radius 1 is 1.18 bits per heavy atom. The first-order chi connectivity index (χ1) is 4.43. The van der Waals surface area contributed by atoms with Gasteiger partial charge in [-0.1, -0.05) is 18.2 Å². The van der Waals surface area contributed by atoms with Gasteiger partial charge in [-0.15, -0.1) is 24.0 Å². The summed E-state index contributed by atoms with van der Waals surface area (Å²) in [6.07, 6.45) is 0. The van der Waals surface area contributed by atoms with E-state index in [0.29, 0.717) is 0 Å². The molecule has 62 valence electrons. The molecular formula is C8H14INPb. The summed E-state index contributed by atoms with van der Waals surface area (Å²) in [6.45, 7) is 3.08. The molecule has 0 heterocycles. The van der Waals surface area contributed by atoms with Crippen LogP contribution in [0.3, 0.4) is 0 Å². The standard InChI is InChI=1S/C8H11N.HI.Pb.2H/c1-2-9-8-6-4-3-5-7-8;;;;/h3-7,9H,2H2,1H3;1H;;;. The van der Waals surface area contributed by atoms with Crippen molar-refractivity contribution in [2.75, 3.05) is 11.9 Å². The topological polar surface area (TPSA) is 12.0 Å². The fourth-order valence-corrected chi connectivity index (χ4v) is 0.760. The van der Waals surface area contributed by atoms with Gasteiger partial charge in [0.2, 0.25) is 0 Å². The number of rotatable bonds is 2. The van der Waals surface area contributed by atoms with E-state index >= 15 is 0 Å². The fourth-order valence-electron chi connectivity index (χ4n) is 0.760. The van der Waals surface area contributed by atoms with E-state index in [1.807, 2.05) is 18.2 Å². The van der Waals surface area contributed by atoms with E-state index in [4.69, 9.17) is 0 Å². The van der Waals surface area contributed by atoms with Crippen LogP contribution in [-0.2, 0) is 0 Å². The molecule has 3 heteroatoms. The second kappa shape index (κ2) is 8.77. The summed E-state index contributed by atoms with van der Waals surface area (Å²) in [4.78, 5) is 0. The summed E-state index contributed by atoms with van der Waals surface area (Å²) >= 11 is 0. The van der Waals surface area contributed by atoms with Crippen LogP contribution in [0, 0.1) is 0 Å². The molecule has 0 aliphatic rings. The summed E-state index contributed by atoms with van der Waals surface area (Å²) in [5.41, 5.74) is 1.19. The van der Waals surface area contributed by atoms with Crippen LogP contribution in [-0.4, -0.2) is 33.8 Å². The molecule has 1 rings (SSSR count). The maximum absolute atomic E-state index is 3.21. The van der Waals surface area contributed by atoms with Crippen LogP contribution in [0.4, 0.5) is 5.69 Å². The van der Waals surface area contributed by atoms with Crippen LogP contribution in [0.15, 0.2) is 30.3 Å². The van der Waals surface area contributed by atoms with Crippen LogP contribution < -0.4 is 5.32 Å². The molecule has 2 radical (unpaired) electrons. The second-order valence-electron chi connectivity index (χ2n) is 1.90. The van der Waals surface area contributed by atoms with Crippen LogP contribution >= 0.6 is 24.0 Å². The molecule has 0 saturated carbocycles. The zero-order valence-corrected chi connectivity index (χ0v) is 14.5. The van der Waals surface area contributed by atoms with Gasteiger partial charge in [0.05, 0.1) is 0 Å². The summed E-state index contributed by atoms with van der Waals surface area (Å²) in [5, 5.41) is 3.21. The Kier molecular flexibility index (Phi) is 11.3. The number of halogens is 1. The zero-order valence-electron chi connectivity index (χ0n) is 6.71. The van der Waals surface area contributed by atoms with Crippen molar-refractivity contribution >= 4 is 57.0 Å². The van der Waals surface area contributed by atoms with Gasteiger partial charge in [-0.3, -0.25) is 0 Å². The van der Waals surface area contributed by atoms with Gasteiger partial charge in [-0.2, -0.15) is 0 Å². The van der Waals surface area contributed by atoms with Gasteiger partial charge in [0.1, 0.15) is 0 Å². The van der Waals surface area contributed by atoms with Crippen molar-refractivity contribution in [2.24, 2.45) is 0 Å². The predicted molar refractivity (Wildman–Crippen MR) is 64.6 cm³/mol. The van der Waals surface area contributed by atoms with Crippen molar-refractivity contribution in [1.82, 2.24) is 0 Å². The predicted octanol–water partition coefficient (Wildman–Crippen LogP) is 1.82. The molecule has 0 atom stereocenters. The molecule has 1 N–H and O–H groups in total. The summed E-state index contributed by atoms with van der Waals surface area (Å²) < 4.78 is 0.